The fourth-order valence-corrected chi connectivity index (χ4v) is 2.18. The molecule has 1 aromatic rings. The van der Waals surface area contributed by atoms with Gasteiger partial charge in [0.05, 0.1) is 0 Å². The molecule has 1 aliphatic rings. The molecule has 2 amide bonds. The van der Waals surface area contributed by atoms with Gasteiger partial charge in [0.25, 0.3) is 0 Å². The molecule has 1 aliphatic heterocycles. The molecule has 20 heavy (non-hydrogen) atoms. The first-order chi connectivity index (χ1) is 9.25. The van der Waals surface area contributed by atoms with Gasteiger partial charge in [-0.25, -0.2) is 8.78 Å². The number of nitrogens with zero attached hydrogens (tertiary/aromatic N) is 1. The van der Waals surface area contributed by atoms with E-state index in [0.29, 0.717) is 0 Å². The van der Waals surface area contributed by atoms with Gasteiger partial charge >= 0.3 is 0 Å². The Labute approximate surface area is 115 Å². The number of hydrogen-bond acceptors (Lipinski definition) is 2. The van der Waals surface area contributed by atoms with E-state index in [0.717, 1.165) is 6.07 Å². The molecule has 1 N–H and O–H groups in total. The van der Waals surface area contributed by atoms with Crippen molar-refractivity contribution in [2.24, 2.45) is 0 Å². The predicted octanol–water partition coefficient (Wildman–Crippen LogP) is 1.59. The van der Waals surface area contributed by atoms with Gasteiger partial charge < -0.3 is 10.2 Å². The maximum atomic E-state index is 13.7. The Bertz CT molecular complexity index is 572. The van der Waals surface area contributed by atoms with Crippen molar-refractivity contribution in [2.75, 3.05) is 0 Å². The molecule has 0 bridgehead atoms. The fraction of sp³-hybridized carbons (Fsp3) is 0.429. The zero-order chi connectivity index (χ0) is 15.1. The van der Waals surface area contributed by atoms with Gasteiger partial charge in [0.15, 0.2) is 11.6 Å². The Kier molecular flexibility index (Phi) is 3.50. The van der Waals surface area contributed by atoms with Crippen molar-refractivity contribution < 1.29 is 18.4 Å². The predicted molar refractivity (Wildman–Crippen MR) is 68.6 cm³/mol. The highest BCUT2D eigenvalue weighted by Gasteiger charge is 2.44. The molecule has 0 saturated carbocycles. The van der Waals surface area contributed by atoms with Gasteiger partial charge in [-0.2, -0.15) is 0 Å². The zero-order valence-corrected chi connectivity index (χ0v) is 11.5. The van der Waals surface area contributed by atoms with Gasteiger partial charge in [0.2, 0.25) is 11.8 Å². The third kappa shape index (κ3) is 2.26. The largest absolute Gasteiger partial charge is 0.343 e. The lowest BCUT2D eigenvalue weighted by Crippen LogP contribution is -2.67. The van der Waals surface area contributed by atoms with Crippen molar-refractivity contribution in [2.45, 2.75) is 38.9 Å². The Hall–Kier alpha value is -1.98. The highest BCUT2D eigenvalue weighted by molar-refractivity contribution is 5.99. The van der Waals surface area contributed by atoms with Crippen LogP contribution in [-0.4, -0.2) is 28.3 Å². The molecule has 108 valence electrons. The highest BCUT2D eigenvalue weighted by Crippen LogP contribution is 2.25. The topological polar surface area (TPSA) is 49.4 Å². The molecule has 1 atom stereocenters. The lowest BCUT2D eigenvalue weighted by atomic mass is 9.95. The smallest absolute Gasteiger partial charge is 0.246 e. The first kappa shape index (κ1) is 14.4. The minimum Gasteiger partial charge on any atom is -0.343 e. The summed E-state index contributed by atoms with van der Waals surface area (Å²) in [5.74, 6) is -2.60. The van der Waals surface area contributed by atoms with Crippen LogP contribution in [0.5, 0.6) is 0 Å². The van der Waals surface area contributed by atoms with E-state index in [2.05, 4.69) is 5.32 Å². The molecule has 6 heteroatoms. The molecular formula is C14H16F2N2O2. The summed E-state index contributed by atoms with van der Waals surface area (Å²) in [6.07, 6.45) is 0. The van der Waals surface area contributed by atoms with E-state index < -0.39 is 23.2 Å². The molecule has 1 aromatic carbocycles. The van der Waals surface area contributed by atoms with Crippen molar-refractivity contribution in [1.29, 1.82) is 0 Å². The molecule has 4 nitrogen and oxygen atoms in total. The average molecular weight is 282 g/mol. The van der Waals surface area contributed by atoms with Crippen LogP contribution >= 0.6 is 0 Å². The van der Waals surface area contributed by atoms with Crippen LogP contribution in [0, 0.1) is 11.6 Å². The summed E-state index contributed by atoms with van der Waals surface area (Å²) in [5, 5.41) is 2.56. The molecule has 1 saturated heterocycles. The van der Waals surface area contributed by atoms with E-state index in [4.69, 9.17) is 0 Å². The van der Waals surface area contributed by atoms with E-state index in [-0.39, 0.29) is 23.9 Å². The minimum atomic E-state index is -1.11. The number of hydrogen-bond donors (Lipinski definition) is 1. The minimum absolute atomic E-state index is 0.0494. The van der Waals surface area contributed by atoms with Crippen LogP contribution in [0.3, 0.4) is 0 Å². The summed E-state index contributed by atoms with van der Waals surface area (Å²) >= 11 is 0. The molecular weight excluding hydrogens is 266 g/mol. The van der Waals surface area contributed by atoms with Crippen LogP contribution in [0.25, 0.3) is 0 Å². The summed E-state index contributed by atoms with van der Waals surface area (Å²) < 4.78 is 26.9. The quantitative estimate of drug-likeness (QED) is 0.895. The monoisotopic (exact) mass is 282 g/mol. The number of carbonyl (C=O) groups is 2. The summed E-state index contributed by atoms with van der Waals surface area (Å²) in [6, 6.07) is 3.11. The lowest BCUT2D eigenvalue weighted by molar-refractivity contribution is -0.155. The molecule has 0 radical (unpaired) electrons. The normalized spacial score (nSPS) is 21.9. The molecule has 0 aromatic heterocycles. The van der Waals surface area contributed by atoms with E-state index in [1.165, 1.54) is 17.0 Å². The second-order valence-electron chi connectivity index (χ2n) is 5.39. The second kappa shape index (κ2) is 4.85. The average Bonchev–Trinajstić information content (AvgIpc) is 2.37. The third-order valence-corrected chi connectivity index (χ3v) is 3.57. The van der Waals surface area contributed by atoms with Gasteiger partial charge in [0, 0.05) is 12.1 Å². The lowest BCUT2D eigenvalue weighted by Gasteiger charge is -2.43. The van der Waals surface area contributed by atoms with Crippen molar-refractivity contribution in [3.63, 3.8) is 0 Å². The van der Waals surface area contributed by atoms with Gasteiger partial charge in [-0.05, 0) is 26.8 Å². The molecule has 0 spiro atoms. The van der Waals surface area contributed by atoms with Gasteiger partial charge in [0.1, 0.15) is 11.6 Å². The summed E-state index contributed by atoms with van der Waals surface area (Å²) in [6.45, 7) is 4.56. The molecule has 0 aliphatic carbocycles. The first-order valence-electron chi connectivity index (χ1n) is 6.30. The summed E-state index contributed by atoms with van der Waals surface area (Å²) in [7, 11) is 0. The number of nitrogens with one attached hydrogen (secondary N) is 1. The van der Waals surface area contributed by atoms with Gasteiger partial charge in [-0.3, -0.25) is 9.59 Å². The fourth-order valence-electron chi connectivity index (χ4n) is 2.18. The maximum absolute atomic E-state index is 13.7. The SMILES string of the molecule is CC1NC(=O)C(C)(C)N(Cc2cccc(F)c2F)C1=O. The second-order valence-corrected chi connectivity index (χ2v) is 5.39. The molecule has 1 heterocycles. The van der Waals surface area contributed by atoms with Crippen molar-refractivity contribution in [1.82, 2.24) is 10.2 Å². The van der Waals surface area contributed by atoms with Crippen molar-refractivity contribution >= 4 is 11.8 Å². The van der Waals surface area contributed by atoms with Crippen molar-refractivity contribution in [3.8, 4) is 0 Å². The Morgan fingerprint density at radius 3 is 2.60 bits per heavy atom. The Morgan fingerprint density at radius 2 is 1.95 bits per heavy atom. The van der Waals surface area contributed by atoms with Crippen molar-refractivity contribution in [3.05, 3.63) is 35.4 Å². The highest BCUT2D eigenvalue weighted by atomic mass is 19.2. The number of amides is 2. The number of piperazine rings is 1. The van der Waals surface area contributed by atoms with Crippen LogP contribution in [0.2, 0.25) is 0 Å². The van der Waals surface area contributed by atoms with Crippen LogP contribution in [0.15, 0.2) is 18.2 Å². The van der Waals surface area contributed by atoms with E-state index in [1.54, 1.807) is 20.8 Å². The summed E-state index contributed by atoms with van der Waals surface area (Å²) in [5.41, 5.74) is -1.06. The van der Waals surface area contributed by atoms with Crippen LogP contribution in [0.4, 0.5) is 8.78 Å². The van der Waals surface area contributed by atoms with E-state index in [1.807, 2.05) is 0 Å². The standard InChI is InChI=1S/C14H16F2N2O2/c1-8-12(19)18(14(2,3)13(20)17-8)7-9-5-4-6-10(15)11(9)16/h4-6,8H,7H2,1-3H3,(H,17,20). The summed E-state index contributed by atoms with van der Waals surface area (Å²) in [4.78, 5) is 25.4. The number of carbonyl (C=O) groups excluding carboxylic acids is 2. The van der Waals surface area contributed by atoms with Crippen LogP contribution < -0.4 is 5.32 Å². The number of benzene rings is 1. The third-order valence-electron chi connectivity index (χ3n) is 3.57. The Morgan fingerprint density at radius 1 is 1.30 bits per heavy atom. The maximum Gasteiger partial charge on any atom is 0.246 e. The number of rotatable bonds is 2. The first-order valence-corrected chi connectivity index (χ1v) is 6.30. The van der Waals surface area contributed by atoms with Gasteiger partial charge in [-0.15, -0.1) is 0 Å². The molecule has 1 unspecified atom stereocenters. The van der Waals surface area contributed by atoms with Crippen LogP contribution in [0.1, 0.15) is 26.3 Å². The van der Waals surface area contributed by atoms with E-state index in [9.17, 15) is 18.4 Å². The van der Waals surface area contributed by atoms with Gasteiger partial charge in [-0.1, -0.05) is 12.1 Å². The van der Waals surface area contributed by atoms with E-state index >= 15 is 0 Å². The Balaban J connectivity index is 2.36. The zero-order valence-electron chi connectivity index (χ0n) is 11.5. The number of halogens is 2. The molecule has 1 fully saturated rings. The molecule has 2 rings (SSSR count). The van der Waals surface area contributed by atoms with Crippen LogP contribution in [-0.2, 0) is 16.1 Å².